The lowest BCUT2D eigenvalue weighted by Gasteiger charge is -2.29. The molecule has 2 saturated carbocycles. The maximum Gasteiger partial charge on any atom is 0.123 e. The highest BCUT2D eigenvalue weighted by atomic mass is 32.2. The van der Waals surface area contributed by atoms with E-state index >= 15 is 0 Å². The SMILES string of the molecule is CCCCC1CCC(c2ccc(Cc3cc(F)ccc3Sc3ccc(F)cc3Cc3ccc(C4CCC(CCCC)CC4)cc3)cc2)CC1. The van der Waals surface area contributed by atoms with Crippen molar-refractivity contribution >= 4 is 11.8 Å². The maximum absolute atomic E-state index is 14.6. The Morgan fingerprint density at radius 3 is 1.27 bits per heavy atom. The predicted molar refractivity (Wildman–Crippen MR) is 204 cm³/mol. The third kappa shape index (κ3) is 10.1. The summed E-state index contributed by atoms with van der Waals surface area (Å²) >= 11 is 1.63. The Bertz CT molecular complexity index is 1470. The maximum atomic E-state index is 14.6. The van der Waals surface area contributed by atoms with E-state index in [1.807, 2.05) is 12.1 Å². The van der Waals surface area contributed by atoms with Gasteiger partial charge < -0.3 is 0 Å². The number of unbranched alkanes of at least 4 members (excludes halogenated alkanes) is 2. The van der Waals surface area contributed by atoms with Gasteiger partial charge in [0.2, 0.25) is 0 Å². The molecule has 0 unspecified atom stereocenters. The average molecular weight is 679 g/mol. The molecule has 2 fully saturated rings. The average Bonchev–Trinajstić information content (AvgIpc) is 3.13. The summed E-state index contributed by atoms with van der Waals surface area (Å²) in [6.07, 6.45) is 20.0. The highest BCUT2D eigenvalue weighted by Gasteiger charge is 2.23. The van der Waals surface area contributed by atoms with Gasteiger partial charge in [-0.2, -0.15) is 0 Å². The van der Waals surface area contributed by atoms with Crippen LogP contribution in [0.4, 0.5) is 8.78 Å². The van der Waals surface area contributed by atoms with Crippen molar-refractivity contribution in [1.82, 2.24) is 0 Å². The molecular weight excluding hydrogens is 623 g/mol. The van der Waals surface area contributed by atoms with Crippen LogP contribution in [0.25, 0.3) is 0 Å². The topological polar surface area (TPSA) is 0 Å². The monoisotopic (exact) mass is 678 g/mol. The molecule has 2 aliphatic rings. The first-order valence-electron chi connectivity index (χ1n) is 19.4. The molecule has 0 saturated heterocycles. The van der Waals surface area contributed by atoms with E-state index < -0.39 is 0 Å². The van der Waals surface area contributed by atoms with E-state index in [9.17, 15) is 8.78 Å². The van der Waals surface area contributed by atoms with Crippen LogP contribution < -0.4 is 0 Å². The van der Waals surface area contributed by atoms with Crippen LogP contribution >= 0.6 is 11.8 Å². The Hall–Kier alpha value is -2.91. The fraction of sp³-hybridized carbons (Fsp3) is 0.478. The molecule has 0 heterocycles. The summed E-state index contributed by atoms with van der Waals surface area (Å²) in [4.78, 5) is 2.04. The van der Waals surface area contributed by atoms with Gasteiger partial charge in [-0.15, -0.1) is 0 Å². The predicted octanol–water partition coefficient (Wildman–Crippen LogP) is 14.2. The molecule has 0 atom stereocenters. The third-order valence-corrected chi connectivity index (χ3v) is 12.8. The van der Waals surface area contributed by atoms with Crippen molar-refractivity contribution < 1.29 is 8.78 Å². The lowest BCUT2D eigenvalue weighted by Crippen LogP contribution is -2.13. The van der Waals surface area contributed by atoms with E-state index in [1.54, 1.807) is 36.0 Å². The lowest BCUT2D eigenvalue weighted by molar-refractivity contribution is 0.304. The molecule has 2 aliphatic carbocycles. The first-order chi connectivity index (χ1) is 24.0. The van der Waals surface area contributed by atoms with Gasteiger partial charge >= 0.3 is 0 Å². The highest BCUT2D eigenvalue weighted by Crippen LogP contribution is 2.40. The molecule has 0 radical (unpaired) electrons. The minimum absolute atomic E-state index is 0.218. The summed E-state index contributed by atoms with van der Waals surface area (Å²) in [7, 11) is 0. The van der Waals surface area contributed by atoms with Crippen LogP contribution in [0.1, 0.15) is 149 Å². The van der Waals surface area contributed by atoms with Gasteiger partial charge in [-0.25, -0.2) is 8.78 Å². The molecule has 3 heteroatoms. The normalized spacial score (nSPS) is 21.1. The number of rotatable bonds is 14. The summed E-state index contributed by atoms with van der Waals surface area (Å²) in [5, 5.41) is 0. The molecule has 0 bridgehead atoms. The minimum Gasteiger partial charge on any atom is -0.207 e. The zero-order chi connectivity index (χ0) is 34.0. The van der Waals surface area contributed by atoms with Crippen molar-refractivity contribution in [2.75, 3.05) is 0 Å². The van der Waals surface area contributed by atoms with E-state index in [4.69, 9.17) is 0 Å². The zero-order valence-corrected chi connectivity index (χ0v) is 30.7. The summed E-state index contributed by atoms with van der Waals surface area (Å²) in [6.45, 7) is 4.58. The lowest BCUT2D eigenvalue weighted by atomic mass is 9.77. The fourth-order valence-electron chi connectivity index (χ4n) is 8.50. The largest absolute Gasteiger partial charge is 0.207 e. The number of benzene rings is 4. The second kappa shape index (κ2) is 17.8. The van der Waals surface area contributed by atoms with Crippen LogP contribution in [-0.4, -0.2) is 0 Å². The van der Waals surface area contributed by atoms with Crippen LogP contribution in [0, 0.1) is 23.5 Å². The third-order valence-electron chi connectivity index (χ3n) is 11.6. The Balaban J connectivity index is 1.10. The number of hydrogen-bond donors (Lipinski definition) is 0. The molecular formula is C46H56F2S. The molecule has 0 N–H and O–H groups in total. The van der Waals surface area contributed by atoms with Crippen molar-refractivity contribution in [3.05, 3.63) is 130 Å². The van der Waals surface area contributed by atoms with Gasteiger partial charge in [0.25, 0.3) is 0 Å². The summed E-state index contributed by atoms with van der Waals surface area (Å²) in [5.74, 6) is 2.72. The van der Waals surface area contributed by atoms with Gasteiger partial charge in [-0.05, 0) is 158 Å². The van der Waals surface area contributed by atoms with E-state index in [0.29, 0.717) is 24.7 Å². The smallest absolute Gasteiger partial charge is 0.123 e. The van der Waals surface area contributed by atoms with Crippen LogP contribution in [0.15, 0.2) is 94.7 Å². The first-order valence-corrected chi connectivity index (χ1v) is 20.2. The fourth-order valence-corrected chi connectivity index (χ4v) is 9.53. The standard InChI is InChI=1S/C46H56F2S/c1-3-5-7-33-9-17-37(18-10-33)39-21-13-35(14-22-39)29-41-31-43(47)25-27-45(41)49-46-28-26-44(48)32-42(46)30-36-15-23-40(24-16-36)38-19-11-34(12-20-38)8-6-4-2/h13-16,21-28,31-34,37-38H,3-12,17-20,29-30H2,1-2H3. The summed E-state index contributed by atoms with van der Waals surface area (Å²) in [5.41, 5.74) is 7.23. The van der Waals surface area contributed by atoms with Gasteiger partial charge in [0.05, 0.1) is 0 Å². The second-order valence-electron chi connectivity index (χ2n) is 15.2. The van der Waals surface area contributed by atoms with Gasteiger partial charge in [-0.3, -0.25) is 0 Å². The molecule has 6 rings (SSSR count). The Morgan fingerprint density at radius 2 is 0.898 bits per heavy atom. The number of hydrogen-bond acceptors (Lipinski definition) is 1. The van der Waals surface area contributed by atoms with Gasteiger partial charge in [0, 0.05) is 9.79 Å². The molecule has 0 amide bonds. The molecule has 4 aromatic carbocycles. The quantitative estimate of drug-likeness (QED) is 0.128. The van der Waals surface area contributed by atoms with Crippen molar-refractivity contribution in [3.63, 3.8) is 0 Å². The van der Waals surface area contributed by atoms with Gasteiger partial charge in [0.1, 0.15) is 11.6 Å². The molecule has 0 aliphatic heterocycles. The Labute approximate surface area is 299 Å². The Morgan fingerprint density at radius 1 is 0.510 bits per heavy atom. The van der Waals surface area contributed by atoms with Crippen LogP contribution in [0.5, 0.6) is 0 Å². The van der Waals surface area contributed by atoms with Gasteiger partial charge in [0.15, 0.2) is 0 Å². The van der Waals surface area contributed by atoms with E-state index in [-0.39, 0.29) is 11.6 Å². The van der Waals surface area contributed by atoms with E-state index in [0.717, 1.165) is 32.8 Å². The van der Waals surface area contributed by atoms with Crippen molar-refractivity contribution in [2.24, 2.45) is 11.8 Å². The second-order valence-corrected chi connectivity index (χ2v) is 16.2. The van der Waals surface area contributed by atoms with Crippen molar-refractivity contribution in [3.8, 4) is 0 Å². The first kappa shape index (κ1) is 35.9. The van der Waals surface area contributed by atoms with Crippen LogP contribution in [0.3, 0.4) is 0 Å². The molecule has 260 valence electrons. The van der Waals surface area contributed by atoms with Crippen molar-refractivity contribution in [1.29, 1.82) is 0 Å². The zero-order valence-electron chi connectivity index (χ0n) is 29.9. The van der Waals surface area contributed by atoms with Crippen LogP contribution in [0.2, 0.25) is 0 Å². The van der Waals surface area contributed by atoms with Gasteiger partial charge in [-0.1, -0.05) is 113 Å². The summed E-state index contributed by atoms with van der Waals surface area (Å²) in [6, 6.07) is 28.4. The number of halogens is 2. The Kier molecular flexibility index (Phi) is 13.1. The highest BCUT2D eigenvalue weighted by molar-refractivity contribution is 7.99. The molecule has 4 aromatic rings. The van der Waals surface area contributed by atoms with E-state index in [1.165, 1.54) is 112 Å². The molecule has 0 aromatic heterocycles. The van der Waals surface area contributed by atoms with Crippen LogP contribution in [-0.2, 0) is 12.8 Å². The minimum atomic E-state index is -0.218. The molecule has 49 heavy (non-hydrogen) atoms. The molecule has 0 nitrogen and oxygen atoms in total. The van der Waals surface area contributed by atoms with Crippen molar-refractivity contribution in [2.45, 2.75) is 138 Å². The van der Waals surface area contributed by atoms with E-state index in [2.05, 4.69) is 62.4 Å². The summed E-state index contributed by atoms with van der Waals surface area (Å²) < 4.78 is 29.2. The molecule has 0 spiro atoms.